The zero-order valence-corrected chi connectivity index (χ0v) is 9.98. The van der Waals surface area contributed by atoms with Crippen molar-refractivity contribution in [3.63, 3.8) is 0 Å². The summed E-state index contributed by atoms with van der Waals surface area (Å²) in [5.41, 5.74) is 0. The lowest BCUT2D eigenvalue weighted by atomic mass is 10.2. The van der Waals surface area contributed by atoms with Gasteiger partial charge in [-0.05, 0) is 22.9 Å². The molecule has 0 aliphatic heterocycles. The molecule has 84 valence electrons. The Bertz CT molecular complexity index is 327. The Morgan fingerprint density at radius 1 is 1.80 bits per heavy atom. The highest BCUT2D eigenvalue weighted by molar-refractivity contribution is 9.10. The maximum atomic E-state index is 10.8. The molecule has 0 saturated heterocycles. The molecule has 1 atom stereocenters. The molecular formula is C9H13BrN2O3. The van der Waals surface area contributed by atoms with Crippen molar-refractivity contribution < 1.29 is 14.6 Å². The third-order valence-electron chi connectivity index (χ3n) is 1.87. The van der Waals surface area contributed by atoms with Crippen LogP contribution in [0.15, 0.2) is 16.9 Å². The summed E-state index contributed by atoms with van der Waals surface area (Å²) < 4.78 is 7.64. The average Bonchev–Trinajstić information content (AvgIpc) is 2.58. The minimum absolute atomic E-state index is 0.403. The Morgan fingerprint density at radius 3 is 3.00 bits per heavy atom. The maximum Gasteiger partial charge on any atom is 0.332 e. The molecular weight excluding hydrogens is 264 g/mol. The number of aromatic nitrogens is 2. The van der Waals surface area contributed by atoms with E-state index < -0.39 is 12.1 Å². The van der Waals surface area contributed by atoms with Crippen molar-refractivity contribution in [3.8, 4) is 0 Å². The van der Waals surface area contributed by atoms with E-state index in [-0.39, 0.29) is 0 Å². The van der Waals surface area contributed by atoms with Crippen molar-refractivity contribution in [2.45, 2.75) is 26.0 Å². The quantitative estimate of drug-likeness (QED) is 0.856. The van der Waals surface area contributed by atoms with E-state index in [2.05, 4.69) is 21.0 Å². The van der Waals surface area contributed by atoms with Gasteiger partial charge in [0.15, 0.2) is 6.10 Å². The molecule has 0 spiro atoms. The van der Waals surface area contributed by atoms with Gasteiger partial charge in [-0.2, -0.15) is 5.10 Å². The van der Waals surface area contributed by atoms with Crippen LogP contribution in [-0.4, -0.2) is 33.6 Å². The standard InChI is InChI=1S/C9H13BrN2O3/c1-2-15-8(9(13)14)3-4-12-6-7(10)5-11-12/h5-6,8H,2-4H2,1H3,(H,13,14). The number of hydrogen-bond acceptors (Lipinski definition) is 3. The van der Waals surface area contributed by atoms with E-state index in [1.807, 2.05) is 0 Å². The van der Waals surface area contributed by atoms with Gasteiger partial charge in [-0.15, -0.1) is 0 Å². The largest absolute Gasteiger partial charge is 0.479 e. The molecule has 1 aromatic heterocycles. The van der Waals surface area contributed by atoms with Crippen LogP contribution in [0, 0.1) is 0 Å². The van der Waals surface area contributed by atoms with E-state index >= 15 is 0 Å². The third-order valence-corrected chi connectivity index (χ3v) is 2.27. The van der Waals surface area contributed by atoms with Gasteiger partial charge in [-0.3, -0.25) is 4.68 Å². The molecule has 15 heavy (non-hydrogen) atoms. The summed E-state index contributed by atoms with van der Waals surface area (Å²) in [5.74, 6) is -0.928. The number of aryl methyl sites for hydroxylation is 1. The van der Waals surface area contributed by atoms with Crippen LogP contribution in [0.2, 0.25) is 0 Å². The van der Waals surface area contributed by atoms with E-state index in [4.69, 9.17) is 9.84 Å². The summed E-state index contributed by atoms with van der Waals surface area (Å²) in [6.45, 7) is 2.71. The smallest absolute Gasteiger partial charge is 0.332 e. The first-order chi connectivity index (χ1) is 7.13. The van der Waals surface area contributed by atoms with Gasteiger partial charge in [0.25, 0.3) is 0 Å². The highest BCUT2D eigenvalue weighted by Gasteiger charge is 2.17. The zero-order valence-electron chi connectivity index (χ0n) is 8.39. The van der Waals surface area contributed by atoms with Crippen LogP contribution >= 0.6 is 15.9 Å². The van der Waals surface area contributed by atoms with Gasteiger partial charge < -0.3 is 9.84 Å². The van der Waals surface area contributed by atoms with E-state index in [1.165, 1.54) is 0 Å². The zero-order chi connectivity index (χ0) is 11.3. The Balaban J connectivity index is 2.43. The number of rotatable bonds is 6. The first-order valence-corrected chi connectivity index (χ1v) is 5.45. The van der Waals surface area contributed by atoms with E-state index in [9.17, 15) is 4.79 Å². The molecule has 1 heterocycles. The monoisotopic (exact) mass is 276 g/mol. The minimum atomic E-state index is -0.928. The fourth-order valence-electron chi connectivity index (χ4n) is 1.19. The van der Waals surface area contributed by atoms with Gasteiger partial charge in [0, 0.05) is 25.8 Å². The number of ether oxygens (including phenoxy) is 1. The Morgan fingerprint density at radius 2 is 2.53 bits per heavy atom. The molecule has 0 aliphatic rings. The number of halogens is 1. The Hall–Kier alpha value is -0.880. The summed E-state index contributed by atoms with van der Waals surface area (Å²) in [5, 5.41) is 12.9. The van der Waals surface area contributed by atoms with Gasteiger partial charge >= 0.3 is 5.97 Å². The summed E-state index contributed by atoms with van der Waals surface area (Å²) in [6.07, 6.45) is 3.12. The van der Waals surface area contributed by atoms with Crippen molar-refractivity contribution in [2.75, 3.05) is 6.61 Å². The molecule has 0 aliphatic carbocycles. The molecule has 1 rings (SSSR count). The molecule has 0 fully saturated rings. The number of carboxylic acid groups (broad SMARTS) is 1. The topological polar surface area (TPSA) is 64.4 Å². The number of carboxylic acids is 1. The average molecular weight is 277 g/mol. The van der Waals surface area contributed by atoms with Crippen LogP contribution in [0.5, 0.6) is 0 Å². The second-order valence-electron chi connectivity index (χ2n) is 2.99. The first-order valence-electron chi connectivity index (χ1n) is 4.66. The van der Waals surface area contributed by atoms with E-state index in [0.29, 0.717) is 19.6 Å². The summed E-state index contributed by atoms with van der Waals surface area (Å²) in [6, 6.07) is 0. The van der Waals surface area contributed by atoms with Crippen molar-refractivity contribution in [2.24, 2.45) is 0 Å². The number of aliphatic carboxylic acids is 1. The van der Waals surface area contributed by atoms with Gasteiger partial charge in [0.1, 0.15) is 0 Å². The predicted molar refractivity (Wildman–Crippen MR) is 57.6 cm³/mol. The van der Waals surface area contributed by atoms with Crippen molar-refractivity contribution in [1.82, 2.24) is 9.78 Å². The third kappa shape index (κ3) is 4.01. The molecule has 6 heteroatoms. The maximum absolute atomic E-state index is 10.8. The summed E-state index contributed by atoms with van der Waals surface area (Å²) in [7, 11) is 0. The molecule has 1 unspecified atom stereocenters. The Kier molecular flexibility index (Phi) is 4.77. The van der Waals surface area contributed by atoms with Crippen molar-refractivity contribution in [1.29, 1.82) is 0 Å². The first kappa shape index (κ1) is 12.2. The van der Waals surface area contributed by atoms with Crippen LogP contribution in [0.25, 0.3) is 0 Å². The molecule has 0 aromatic carbocycles. The molecule has 0 bridgehead atoms. The lowest BCUT2D eigenvalue weighted by Crippen LogP contribution is -2.25. The molecule has 1 N–H and O–H groups in total. The second kappa shape index (κ2) is 5.87. The molecule has 0 saturated carbocycles. The van der Waals surface area contributed by atoms with E-state index in [0.717, 1.165) is 4.47 Å². The number of nitrogens with zero attached hydrogens (tertiary/aromatic N) is 2. The summed E-state index contributed by atoms with van der Waals surface area (Å²) >= 11 is 3.27. The van der Waals surface area contributed by atoms with Crippen LogP contribution in [-0.2, 0) is 16.1 Å². The fourth-order valence-corrected chi connectivity index (χ4v) is 1.52. The molecule has 0 radical (unpaired) electrons. The molecule has 5 nitrogen and oxygen atoms in total. The predicted octanol–water partition coefficient (Wildman–Crippen LogP) is 1.53. The van der Waals surface area contributed by atoms with Gasteiger partial charge in [0.2, 0.25) is 0 Å². The van der Waals surface area contributed by atoms with Gasteiger partial charge in [-0.25, -0.2) is 4.79 Å². The summed E-state index contributed by atoms with van der Waals surface area (Å²) in [4.78, 5) is 10.8. The lowest BCUT2D eigenvalue weighted by Gasteiger charge is -2.11. The SMILES string of the molecule is CCOC(CCn1cc(Br)cn1)C(=O)O. The van der Waals surface area contributed by atoms with Crippen molar-refractivity contribution >= 4 is 21.9 Å². The Labute approximate surface area is 96.2 Å². The van der Waals surface area contributed by atoms with Crippen LogP contribution in [0.4, 0.5) is 0 Å². The number of hydrogen-bond donors (Lipinski definition) is 1. The normalized spacial score (nSPS) is 12.7. The van der Waals surface area contributed by atoms with Crippen LogP contribution in [0.3, 0.4) is 0 Å². The van der Waals surface area contributed by atoms with Crippen LogP contribution < -0.4 is 0 Å². The molecule has 1 aromatic rings. The minimum Gasteiger partial charge on any atom is -0.479 e. The lowest BCUT2D eigenvalue weighted by molar-refractivity contribution is -0.150. The van der Waals surface area contributed by atoms with Crippen molar-refractivity contribution in [3.05, 3.63) is 16.9 Å². The second-order valence-corrected chi connectivity index (χ2v) is 3.91. The van der Waals surface area contributed by atoms with Gasteiger partial charge in [-0.1, -0.05) is 0 Å². The van der Waals surface area contributed by atoms with Gasteiger partial charge in [0.05, 0.1) is 10.7 Å². The highest BCUT2D eigenvalue weighted by Crippen LogP contribution is 2.08. The fraction of sp³-hybridized carbons (Fsp3) is 0.556. The number of carbonyl (C=O) groups is 1. The molecule has 0 amide bonds. The van der Waals surface area contributed by atoms with Crippen LogP contribution in [0.1, 0.15) is 13.3 Å². The highest BCUT2D eigenvalue weighted by atomic mass is 79.9. The van der Waals surface area contributed by atoms with E-state index in [1.54, 1.807) is 24.0 Å².